The lowest BCUT2D eigenvalue weighted by Gasteiger charge is -2.20. The van der Waals surface area contributed by atoms with E-state index in [4.69, 9.17) is 0 Å². The van der Waals surface area contributed by atoms with Gasteiger partial charge < -0.3 is 5.32 Å². The van der Waals surface area contributed by atoms with Crippen molar-refractivity contribution in [2.45, 2.75) is 27.2 Å². The first kappa shape index (κ1) is 12.2. The molecule has 4 heteroatoms. The number of rotatable bonds is 3. The summed E-state index contributed by atoms with van der Waals surface area (Å²) >= 11 is 3.33. The van der Waals surface area contributed by atoms with Crippen molar-refractivity contribution in [1.82, 2.24) is 4.98 Å². The Kier molecular flexibility index (Phi) is 3.85. The summed E-state index contributed by atoms with van der Waals surface area (Å²) < 4.78 is 0.905. The fraction of sp³-hybridized carbons (Fsp3) is 0.455. The highest BCUT2D eigenvalue weighted by molar-refractivity contribution is 9.10. The largest absolute Gasteiger partial charge is 0.310 e. The molecule has 0 atom stereocenters. The van der Waals surface area contributed by atoms with Crippen LogP contribution in [0.3, 0.4) is 0 Å². The van der Waals surface area contributed by atoms with Crippen LogP contribution in [0.4, 0.5) is 5.82 Å². The van der Waals surface area contributed by atoms with Gasteiger partial charge in [-0.25, -0.2) is 4.98 Å². The zero-order valence-electron chi connectivity index (χ0n) is 9.17. The predicted octanol–water partition coefficient (Wildman–Crippen LogP) is 3.22. The summed E-state index contributed by atoms with van der Waals surface area (Å²) in [6.45, 7) is 5.83. The minimum absolute atomic E-state index is 0.00407. The van der Waals surface area contributed by atoms with Gasteiger partial charge in [-0.2, -0.15) is 0 Å². The van der Waals surface area contributed by atoms with Crippen molar-refractivity contribution >= 4 is 27.7 Å². The molecule has 0 aromatic carbocycles. The number of aromatic nitrogens is 1. The molecule has 0 unspecified atom stereocenters. The first-order valence-corrected chi connectivity index (χ1v) is 5.68. The molecule has 15 heavy (non-hydrogen) atoms. The highest BCUT2D eigenvalue weighted by Gasteiger charge is 2.25. The first-order chi connectivity index (χ1) is 6.95. The minimum atomic E-state index is -0.357. The van der Waals surface area contributed by atoms with Crippen LogP contribution in [0.2, 0.25) is 0 Å². The number of hydrogen-bond donors (Lipinski definition) is 1. The van der Waals surface area contributed by atoms with Crippen molar-refractivity contribution in [1.29, 1.82) is 0 Å². The summed E-state index contributed by atoms with van der Waals surface area (Å²) in [7, 11) is 0. The van der Waals surface area contributed by atoms with Crippen molar-refractivity contribution in [2.75, 3.05) is 5.32 Å². The Hall–Kier alpha value is -0.900. The molecule has 0 spiro atoms. The van der Waals surface area contributed by atoms with E-state index in [-0.39, 0.29) is 11.3 Å². The summed E-state index contributed by atoms with van der Waals surface area (Å²) in [5.74, 6) is 0.575. The third-order valence-electron chi connectivity index (χ3n) is 2.46. The molecule has 0 aliphatic carbocycles. The lowest BCUT2D eigenvalue weighted by molar-refractivity contribution is -0.124. The van der Waals surface area contributed by atoms with E-state index in [0.29, 0.717) is 5.82 Å². The summed E-state index contributed by atoms with van der Waals surface area (Å²) in [5.41, 5.74) is -0.357. The molecule has 0 bridgehead atoms. The summed E-state index contributed by atoms with van der Waals surface area (Å²) in [4.78, 5) is 15.9. The van der Waals surface area contributed by atoms with Gasteiger partial charge in [-0.3, -0.25) is 4.79 Å². The van der Waals surface area contributed by atoms with Crippen LogP contribution in [0.15, 0.2) is 22.8 Å². The number of amides is 1. The van der Waals surface area contributed by atoms with Crippen molar-refractivity contribution in [3.63, 3.8) is 0 Å². The van der Waals surface area contributed by atoms with Gasteiger partial charge in [-0.15, -0.1) is 0 Å². The molecule has 1 aromatic rings. The average molecular weight is 271 g/mol. The number of anilines is 1. The zero-order chi connectivity index (χ0) is 11.5. The first-order valence-electron chi connectivity index (χ1n) is 4.88. The molecule has 0 aliphatic rings. The second-order valence-electron chi connectivity index (χ2n) is 4.05. The molecule has 3 nitrogen and oxygen atoms in total. The van der Waals surface area contributed by atoms with Crippen molar-refractivity contribution < 1.29 is 4.79 Å². The van der Waals surface area contributed by atoms with Crippen LogP contribution in [-0.2, 0) is 4.79 Å². The lowest BCUT2D eigenvalue weighted by atomic mass is 9.89. The van der Waals surface area contributed by atoms with Crippen LogP contribution in [-0.4, -0.2) is 10.9 Å². The molecule has 0 fully saturated rings. The van der Waals surface area contributed by atoms with E-state index in [1.165, 1.54) is 0 Å². The van der Waals surface area contributed by atoms with Gasteiger partial charge in [0.15, 0.2) is 0 Å². The molecular weight excluding hydrogens is 256 g/mol. The Labute approximate surface area is 98.4 Å². The van der Waals surface area contributed by atoms with E-state index in [2.05, 4.69) is 26.2 Å². The molecule has 1 N–H and O–H groups in total. The Morgan fingerprint density at radius 2 is 2.27 bits per heavy atom. The van der Waals surface area contributed by atoms with E-state index < -0.39 is 0 Å². The highest BCUT2D eigenvalue weighted by Crippen LogP contribution is 2.22. The third-order valence-corrected chi connectivity index (χ3v) is 2.96. The molecular formula is C11H15BrN2O. The van der Waals surface area contributed by atoms with Gasteiger partial charge in [0.2, 0.25) is 5.91 Å². The molecule has 0 radical (unpaired) electrons. The summed E-state index contributed by atoms with van der Waals surface area (Å²) in [6.07, 6.45) is 2.45. The van der Waals surface area contributed by atoms with Crippen LogP contribution in [0, 0.1) is 5.41 Å². The fourth-order valence-electron chi connectivity index (χ4n) is 0.919. The van der Waals surface area contributed by atoms with Crippen molar-refractivity contribution in [3.8, 4) is 0 Å². The van der Waals surface area contributed by atoms with Gasteiger partial charge in [0.05, 0.1) is 0 Å². The summed E-state index contributed by atoms with van der Waals surface area (Å²) in [6, 6.07) is 3.60. The van der Waals surface area contributed by atoms with Gasteiger partial charge in [0, 0.05) is 16.1 Å². The van der Waals surface area contributed by atoms with Crippen LogP contribution in [0.25, 0.3) is 0 Å². The number of hydrogen-bond acceptors (Lipinski definition) is 2. The van der Waals surface area contributed by atoms with Gasteiger partial charge in [0.1, 0.15) is 5.82 Å². The van der Waals surface area contributed by atoms with Crippen molar-refractivity contribution in [3.05, 3.63) is 22.8 Å². The van der Waals surface area contributed by atoms with Crippen LogP contribution in [0.5, 0.6) is 0 Å². The second-order valence-corrected chi connectivity index (χ2v) is 4.97. The molecule has 1 aromatic heterocycles. The molecule has 1 heterocycles. The maximum absolute atomic E-state index is 11.8. The Morgan fingerprint density at radius 3 is 2.80 bits per heavy atom. The Bertz CT molecular complexity index is 363. The highest BCUT2D eigenvalue weighted by atomic mass is 79.9. The quantitative estimate of drug-likeness (QED) is 0.917. The number of carbonyl (C=O) groups excluding carboxylic acids is 1. The number of nitrogens with one attached hydrogen (secondary N) is 1. The van der Waals surface area contributed by atoms with Crippen LogP contribution >= 0.6 is 15.9 Å². The van der Waals surface area contributed by atoms with Crippen LogP contribution < -0.4 is 5.32 Å². The number of halogens is 1. The van der Waals surface area contributed by atoms with E-state index in [9.17, 15) is 4.79 Å². The maximum Gasteiger partial charge on any atom is 0.231 e. The topological polar surface area (TPSA) is 42.0 Å². The van der Waals surface area contributed by atoms with E-state index >= 15 is 0 Å². The smallest absolute Gasteiger partial charge is 0.231 e. The molecule has 0 saturated carbocycles. The molecule has 0 aliphatic heterocycles. The standard InChI is InChI=1S/C11H15BrN2O/c1-4-11(2,3)10(15)14-9-7-8(12)5-6-13-9/h5-7H,4H2,1-3H3,(H,13,14,15). The third kappa shape index (κ3) is 3.30. The Balaban J connectivity index is 2.75. The average Bonchev–Trinajstić information content (AvgIpc) is 2.17. The molecule has 1 rings (SSSR count). The lowest BCUT2D eigenvalue weighted by Crippen LogP contribution is -2.30. The monoisotopic (exact) mass is 270 g/mol. The predicted molar refractivity (Wildman–Crippen MR) is 64.6 cm³/mol. The van der Waals surface area contributed by atoms with E-state index in [0.717, 1.165) is 10.9 Å². The van der Waals surface area contributed by atoms with Gasteiger partial charge in [-0.05, 0) is 18.6 Å². The Morgan fingerprint density at radius 1 is 1.60 bits per heavy atom. The van der Waals surface area contributed by atoms with Gasteiger partial charge in [-0.1, -0.05) is 36.7 Å². The minimum Gasteiger partial charge on any atom is -0.310 e. The number of carbonyl (C=O) groups is 1. The second kappa shape index (κ2) is 4.75. The fourth-order valence-corrected chi connectivity index (χ4v) is 1.25. The van der Waals surface area contributed by atoms with E-state index in [1.807, 2.05) is 26.8 Å². The SMILES string of the molecule is CCC(C)(C)C(=O)Nc1cc(Br)ccn1. The summed E-state index contributed by atoms with van der Waals surface area (Å²) in [5, 5.41) is 2.79. The molecule has 0 saturated heterocycles. The number of pyridine rings is 1. The van der Waals surface area contributed by atoms with Crippen LogP contribution in [0.1, 0.15) is 27.2 Å². The zero-order valence-corrected chi connectivity index (χ0v) is 10.8. The maximum atomic E-state index is 11.8. The molecule has 1 amide bonds. The van der Waals surface area contributed by atoms with Gasteiger partial charge in [0.25, 0.3) is 0 Å². The van der Waals surface area contributed by atoms with Gasteiger partial charge >= 0.3 is 0 Å². The van der Waals surface area contributed by atoms with Crippen molar-refractivity contribution in [2.24, 2.45) is 5.41 Å². The van der Waals surface area contributed by atoms with E-state index in [1.54, 1.807) is 12.3 Å². The molecule has 82 valence electrons. The number of nitrogens with zero attached hydrogens (tertiary/aromatic N) is 1. The normalized spacial score (nSPS) is 11.2.